The lowest BCUT2D eigenvalue weighted by atomic mass is 10.1. The molecule has 1 aromatic heterocycles. The molecule has 8 nitrogen and oxygen atoms in total. The molecule has 0 atom stereocenters. The Balaban J connectivity index is 1.48. The van der Waals surface area contributed by atoms with Gasteiger partial charge in [0, 0.05) is 26.1 Å². The van der Waals surface area contributed by atoms with Crippen molar-refractivity contribution in [1.29, 1.82) is 0 Å². The smallest absolute Gasteiger partial charge is 0.378 e. The van der Waals surface area contributed by atoms with Gasteiger partial charge >= 0.3 is 12.2 Å². The highest BCUT2D eigenvalue weighted by molar-refractivity contribution is 5.93. The summed E-state index contributed by atoms with van der Waals surface area (Å²) < 4.78 is 46.9. The number of aromatic nitrogens is 3. The van der Waals surface area contributed by atoms with E-state index >= 15 is 0 Å². The standard InChI is InChI=1S/C19H23F3N6O2/c20-19(21,22)13-4-5-15(27-7-9-30-10-8-27)14(11-13)24-18(29)23-12-17-26-25-16-3-1-2-6-28(16)17/h4-5,11H,1-3,6-10,12H2,(H2,23,24,29). The number of fused-ring (bicyclic) bond motifs is 1. The molecule has 11 heteroatoms. The van der Waals surface area contributed by atoms with Crippen molar-refractivity contribution in [1.82, 2.24) is 20.1 Å². The van der Waals surface area contributed by atoms with E-state index in [1.807, 2.05) is 9.47 Å². The van der Waals surface area contributed by atoms with Crippen LogP contribution in [0, 0.1) is 0 Å². The second kappa shape index (κ2) is 8.50. The van der Waals surface area contributed by atoms with E-state index in [2.05, 4.69) is 20.8 Å². The van der Waals surface area contributed by atoms with E-state index in [1.165, 1.54) is 6.07 Å². The van der Waals surface area contributed by atoms with Gasteiger partial charge in [-0.3, -0.25) is 0 Å². The zero-order valence-electron chi connectivity index (χ0n) is 16.3. The van der Waals surface area contributed by atoms with E-state index in [0.29, 0.717) is 37.8 Å². The van der Waals surface area contributed by atoms with Crippen LogP contribution in [0.1, 0.15) is 30.1 Å². The number of carbonyl (C=O) groups is 1. The normalized spacial score (nSPS) is 16.8. The lowest BCUT2D eigenvalue weighted by Gasteiger charge is -2.31. The molecule has 162 valence electrons. The van der Waals surface area contributed by atoms with Crippen LogP contribution in [0.2, 0.25) is 0 Å². The molecule has 4 rings (SSSR count). The fourth-order valence-electron chi connectivity index (χ4n) is 3.72. The summed E-state index contributed by atoms with van der Waals surface area (Å²) in [6.07, 6.45) is -1.56. The first kappa shape index (κ1) is 20.5. The molecule has 1 saturated heterocycles. The highest BCUT2D eigenvalue weighted by atomic mass is 19.4. The van der Waals surface area contributed by atoms with Crippen LogP contribution in [0.25, 0.3) is 0 Å². The number of urea groups is 1. The van der Waals surface area contributed by atoms with E-state index in [9.17, 15) is 18.0 Å². The quantitative estimate of drug-likeness (QED) is 0.789. The highest BCUT2D eigenvalue weighted by Gasteiger charge is 2.32. The number of morpholine rings is 1. The predicted octanol–water partition coefficient (Wildman–Crippen LogP) is 2.79. The SMILES string of the molecule is O=C(NCc1nnc2n1CCCC2)Nc1cc(C(F)(F)F)ccc1N1CCOCC1. The van der Waals surface area contributed by atoms with E-state index in [1.54, 1.807) is 0 Å². The number of hydrogen-bond donors (Lipinski definition) is 2. The number of hydrogen-bond acceptors (Lipinski definition) is 5. The van der Waals surface area contributed by atoms with Crippen LogP contribution in [0.3, 0.4) is 0 Å². The number of nitrogens with zero attached hydrogens (tertiary/aromatic N) is 4. The van der Waals surface area contributed by atoms with E-state index in [0.717, 1.165) is 43.8 Å². The van der Waals surface area contributed by atoms with E-state index < -0.39 is 17.8 Å². The van der Waals surface area contributed by atoms with Gasteiger partial charge in [0.05, 0.1) is 36.7 Å². The number of anilines is 2. The van der Waals surface area contributed by atoms with Gasteiger partial charge in [0.15, 0.2) is 5.82 Å². The van der Waals surface area contributed by atoms with Crippen molar-refractivity contribution < 1.29 is 22.7 Å². The Kier molecular flexibility index (Phi) is 5.80. The molecule has 0 unspecified atom stereocenters. The summed E-state index contributed by atoms with van der Waals surface area (Å²) in [5, 5.41) is 13.5. The average molecular weight is 424 g/mol. The molecule has 2 aliphatic rings. The van der Waals surface area contributed by atoms with Crippen molar-refractivity contribution in [2.24, 2.45) is 0 Å². The number of alkyl halides is 3. The Labute approximate surface area is 171 Å². The zero-order chi connectivity index (χ0) is 21.1. The lowest BCUT2D eigenvalue weighted by Crippen LogP contribution is -2.37. The van der Waals surface area contributed by atoms with Gasteiger partial charge in [0.2, 0.25) is 0 Å². The number of amides is 2. The molecular formula is C19H23F3N6O2. The van der Waals surface area contributed by atoms with E-state index in [4.69, 9.17) is 4.74 Å². The second-order valence-corrected chi connectivity index (χ2v) is 7.28. The summed E-state index contributed by atoms with van der Waals surface area (Å²) in [7, 11) is 0. The van der Waals surface area contributed by atoms with Crippen LogP contribution in [0.4, 0.5) is 29.3 Å². The number of carbonyl (C=O) groups excluding carboxylic acids is 1. The number of halogens is 3. The fourth-order valence-corrected chi connectivity index (χ4v) is 3.72. The maximum absolute atomic E-state index is 13.2. The minimum Gasteiger partial charge on any atom is -0.378 e. The van der Waals surface area contributed by atoms with Crippen molar-refractivity contribution in [3.8, 4) is 0 Å². The summed E-state index contributed by atoms with van der Waals surface area (Å²) in [5.41, 5.74) is -0.185. The summed E-state index contributed by atoms with van der Waals surface area (Å²) in [6.45, 7) is 2.97. The van der Waals surface area contributed by atoms with Crippen molar-refractivity contribution >= 4 is 17.4 Å². The highest BCUT2D eigenvalue weighted by Crippen LogP contribution is 2.35. The first-order valence-corrected chi connectivity index (χ1v) is 9.91. The minimum absolute atomic E-state index is 0.104. The lowest BCUT2D eigenvalue weighted by molar-refractivity contribution is -0.137. The zero-order valence-corrected chi connectivity index (χ0v) is 16.3. The Hall–Kier alpha value is -2.82. The molecular weight excluding hydrogens is 401 g/mol. The minimum atomic E-state index is -4.50. The van der Waals surface area contributed by atoms with Crippen LogP contribution in [-0.4, -0.2) is 47.1 Å². The first-order valence-electron chi connectivity index (χ1n) is 9.91. The first-order chi connectivity index (χ1) is 14.4. The monoisotopic (exact) mass is 424 g/mol. The number of aryl methyl sites for hydroxylation is 1. The summed E-state index contributed by atoms with van der Waals surface area (Å²) in [5.74, 6) is 1.53. The molecule has 0 saturated carbocycles. The van der Waals surface area contributed by atoms with Crippen molar-refractivity contribution in [3.63, 3.8) is 0 Å². The summed E-state index contributed by atoms with van der Waals surface area (Å²) >= 11 is 0. The maximum atomic E-state index is 13.2. The second-order valence-electron chi connectivity index (χ2n) is 7.28. The number of rotatable bonds is 4. The molecule has 0 aliphatic carbocycles. The molecule has 0 bridgehead atoms. The van der Waals surface area contributed by atoms with E-state index in [-0.39, 0.29) is 12.2 Å². The Morgan fingerprint density at radius 2 is 1.93 bits per heavy atom. The number of ether oxygens (including phenoxy) is 1. The van der Waals surface area contributed by atoms with Crippen LogP contribution < -0.4 is 15.5 Å². The van der Waals surface area contributed by atoms with Gasteiger partial charge in [-0.15, -0.1) is 10.2 Å². The van der Waals surface area contributed by atoms with Crippen LogP contribution >= 0.6 is 0 Å². The molecule has 0 radical (unpaired) electrons. The number of benzene rings is 1. The van der Waals surface area contributed by atoms with Gasteiger partial charge in [0.1, 0.15) is 5.82 Å². The molecule has 30 heavy (non-hydrogen) atoms. The summed E-state index contributed by atoms with van der Waals surface area (Å²) in [4.78, 5) is 14.4. The molecule has 2 N–H and O–H groups in total. The Morgan fingerprint density at radius 3 is 2.70 bits per heavy atom. The summed E-state index contributed by atoms with van der Waals surface area (Å²) in [6, 6.07) is 2.77. The van der Waals surface area contributed by atoms with Gasteiger partial charge in [-0.2, -0.15) is 13.2 Å². The molecule has 2 amide bonds. The average Bonchev–Trinajstić information content (AvgIpc) is 3.15. The molecule has 1 aromatic carbocycles. The number of nitrogens with one attached hydrogen (secondary N) is 2. The van der Waals surface area contributed by atoms with Gasteiger partial charge in [-0.05, 0) is 31.0 Å². The van der Waals surface area contributed by atoms with Gasteiger partial charge in [0.25, 0.3) is 0 Å². The van der Waals surface area contributed by atoms with Crippen molar-refractivity contribution in [3.05, 3.63) is 35.4 Å². The van der Waals surface area contributed by atoms with Crippen molar-refractivity contribution in [2.45, 2.75) is 38.5 Å². The third-order valence-electron chi connectivity index (χ3n) is 5.27. The largest absolute Gasteiger partial charge is 0.416 e. The molecule has 1 fully saturated rings. The molecule has 2 aliphatic heterocycles. The van der Waals surface area contributed by atoms with Gasteiger partial charge in [-0.25, -0.2) is 4.79 Å². The Bertz CT molecular complexity index is 908. The van der Waals surface area contributed by atoms with Gasteiger partial charge in [-0.1, -0.05) is 0 Å². The van der Waals surface area contributed by atoms with Crippen molar-refractivity contribution in [2.75, 3.05) is 36.5 Å². The van der Waals surface area contributed by atoms with Crippen LogP contribution in [-0.2, 0) is 30.4 Å². The molecule has 3 heterocycles. The Morgan fingerprint density at radius 1 is 1.13 bits per heavy atom. The molecule has 2 aromatic rings. The third kappa shape index (κ3) is 4.50. The van der Waals surface area contributed by atoms with Crippen LogP contribution in [0.5, 0.6) is 0 Å². The van der Waals surface area contributed by atoms with Gasteiger partial charge < -0.3 is 24.8 Å². The molecule has 0 spiro atoms. The van der Waals surface area contributed by atoms with Crippen LogP contribution in [0.15, 0.2) is 18.2 Å². The topological polar surface area (TPSA) is 84.3 Å². The third-order valence-corrected chi connectivity index (χ3v) is 5.27. The maximum Gasteiger partial charge on any atom is 0.416 e. The fraction of sp³-hybridized carbons (Fsp3) is 0.526. The predicted molar refractivity (Wildman–Crippen MR) is 103 cm³/mol.